The number of rotatable bonds is 3. The first-order chi connectivity index (χ1) is 6.25. The Labute approximate surface area is 77.3 Å². The number of primary amides is 1. The van der Waals surface area contributed by atoms with Gasteiger partial charge >= 0.3 is 0 Å². The average molecular weight is 176 g/mol. The molecule has 0 radical (unpaired) electrons. The van der Waals surface area contributed by atoms with Crippen LogP contribution in [0.2, 0.25) is 0 Å². The smallest absolute Gasteiger partial charge is 0.250 e. The maximum atomic E-state index is 11.0. The van der Waals surface area contributed by atoms with Crippen molar-refractivity contribution in [3.8, 4) is 0 Å². The van der Waals surface area contributed by atoms with Gasteiger partial charge in [0.05, 0.1) is 5.57 Å². The second-order valence-electron chi connectivity index (χ2n) is 2.58. The molecule has 0 heterocycles. The minimum atomic E-state index is -0.430. The van der Waals surface area contributed by atoms with Crippen molar-refractivity contribution in [1.29, 1.82) is 0 Å². The van der Waals surface area contributed by atoms with E-state index in [2.05, 4.69) is 5.32 Å². The SMILES string of the molecule is CN/C=C(\C(N)=O)c1ccccc1. The van der Waals surface area contributed by atoms with E-state index in [4.69, 9.17) is 5.73 Å². The van der Waals surface area contributed by atoms with Crippen molar-refractivity contribution in [2.24, 2.45) is 5.73 Å². The van der Waals surface area contributed by atoms with E-state index < -0.39 is 5.91 Å². The topological polar surface area (TPSA) is 55.1 Å². The lowest BCUT2D eigenvalue weighted by atomic mass is 10.1. The van der Waals surface area contributed by atoms with Crippen molar-refractivity contribution in [3.05, 3.63) is 42.1 Å². The van der Waals surface area contributed by atoms with E-state index in [0.717, 1.165) is 5.56 Å². The Morgan fingerprint density at radius 2 is 2.00 bits per heavy atom. The molecule has 1 amide bonds. The van der Waals surface area contributed by atoms with E-state index in [9.17, 15) is 4.79 Å². The average Bonchev–Trinajstić information content (AvgIpc) is 2.15. The molecule has 3 nitrogen and oxygen atoms in total. The monoisotopic (exact) mass is 176 g/mol. The van der Waals surface area contributed by atoms with Crippen LogP contribution in [0.4, 0.5) is 0 Å². The van der Waals surface area contributed by atoms with Crippen LogP contribution in [0.3, 0.4) is 0 Å². The van der Waals surface area contributed by atoms with Crippen LogP contribution in [0, 0.1) is 0 Å². The number of benzene rings is 1. The number of amides is 1. The zero-order valence-electron chi connectivity index (χ0n) is 7.45. The van der Waals surface area contributed by atoms with Crippen LogP contribution < -0.4 is 11.1 Å². The first-order valence-electron chi connectivity index (χ1n) is 3.98. The van der Waals surface area contributed by atoms with Gasteiger partial charge in [0.15, 0.2) is 0 Å². The molecular weight excluding hydrogens is 164 g/mol. The van der Waals surface area contributed by atoms with E-state index in [1.807, 2.05) is 30.3 Å². The Morgan fingerprint density at radius 1 is 1.38 bits per heavy atom. The molecule has 0 saturated heterocycles. The molecule has 0 atom stereocenters. The first-order valence-corrected chi connectivity index (χ1v) is 3.98. The van der Waals surface area contributed by atoms with Gasteiger partial charge in [-0.05, 0) is 5.56 Å². The van der Waals surface area contributed by atoms with Crippen molar-refractivity contribution in [2.45, 2.75) is 0 Å². The molecule has 13 heavy (non-hydrogen) atoms. The number of carbonyl (C=O) groups excluding carboxylic acids is 1. The van der Waals surface area contributed by atoms with Crippen molar-refractivity contribution in [2.75, 3.05) is 7.05 Å². The third kappa shape index (κ3) is 2.33. The minimum absolute atomic E-state index is 0.430. The molecule has 3 heteroatoms. The lowest BCUT2D eigenvalue weighted by Gasteiger charge is -2.02. The standard InChI is InChI=1S/C10H12N2O/c1-12-7-9(10(11)13)8-5-3-2-4-6-8/h2-7,12H,1H3,(H2,11,13)/b9-7-. The molecule has 0 aromatic heterocycles. The van der Waals surface area contributed by atoms with Gasteiger partial charge in [-0.3, -0.25) is 4.79 Å². The summed E-state index contributed by atoms with van der Waals surface area (Å²) in [5, 5.41) is 2.78. The highest BCUT2D eigenvalue weighted by molar-refractivity contribution is 6.18. The van der Waals surface area contributed by atoms with Crippen molar-refractivity contribution < 1.29 is 4.79 Å². The molecule has 0 fully saturated rings. The largest absolute Gasteiger partial charge is 0.393 e. The third-order valence-corrected chi connectivity index (χ3v) is 1.64. The predicted octanol–water partition coefficient (Wildman–Crippen LogP) is 0.732. The summed E-state index contributed by atoms with van der Waals surface area (Å²) in [6.07, 6.45) is 1.59. The molecule has 1 aromatic rings. The normalized spacial score (nSPS) is 11.0. The number of nitrogens with two attached hydrogens (primary N) is 1. The molecular formula is C10H12N2O. The molecule has 0 aliphatic heterocycles. The summed E-state index contributed by atoms with van der Waals surface area (Å²) in [4.78, 5) is 11.0. The highest BCUT2D eigenvalue weighted by atomic mass is 16.1. The molecule has 1 aromatic carbocycles. The van der Waals surface area contributed by atoms with Gasteiger partial charge in [0, 0.05) is 13.2 Å². The van der Waals surface area contributed by atoms with Crippen molar-refractivity contribution in [1.82, 2.24) is 5.32 Å². The summed E-state index contributed by atoms with van der Waals surface area (Å²) in [7, 11) is 1.73. The van der Waals surface area contributed by atoms with Gasteiger partial charge in [-0.15, -0.1) is 0 Å². The fraction of sp³-hybridized carbons (Fsp3) is 0.100. The van der Waals surface area contributed by atoms with E-state index in [1.54, 1.807) is 13.2 Å². The Morgan fingerprint density at radius 3 is 2.46 bits per heavy atom. The molecule has 3 N–H and O–H groups in total. The van der Waals surface area contributed by atoms with Gasteiger partial charge in [0.2, 0.25) is 0 Å². The van der Waals surface area contributed by atoms with Gasteiger partial charge in [0.1, 0.15) is 0 Å². The fourth-order valence-corrected chi connectivity index (χ4v) is 1.06. The molecule has 0 aliphatic carbocycles. The Balaban J connectivity index is 3.03. The lowest BCUT2D eigenvalue weighted by Crippen LogP contribution is -2.15. The molecule has 0 unspecified atom stereocenters. The second kappa shape index (κ2) is 4.30. The maximum Gasteiger partial charge on any atom is 0.250 e. The molecule has 0 spiro atoms. The zero-order valence-corrected chi connectivity index (χ0v) is 7.45. The fourth-order valence-electron chi connectivity index (χ4n) is 1.06. The summed E-state index contributed by atoms with van der Waals surface area (Å²) in [5.41, 5.74) is 6.52. The van der Waals surface area contributed by atoms with Gasteiger partial charge < -0.3 is 11.1 Å². The molecule has 1 rings (SSSR count). The van der Waals surface area contributed by atoms with Crippen LogP contribution in [-0.2, 0) is 4.79 Å². The molecule has 0 saturated carbocycles. The van der Waals surface area contributed by atoms with Crippen molar-refractivity contribution in [3.63, 3.8) is 0 Å². The highest BCUT2D eigenvalue weighted by Gasteiger charge is 2.05. The Bertz CT molecular complexity index is 317. The second-order valence-corrected chi connectivity index (χ2v) is 2.58. The Kier molecular flexibility index (Phi) is 3.09. The van der Waals surface area contributed by atoms with Crippen LogP contribution in [0.15, 0.2) is 36.5 Å². The molecule has 68 valence electrons. The maximum absolute atomic E-state index is 11.0. The summed E-state index contributed by atoms with van der Waals surface area (Å²) < 4.78 is 0. The number of hydrogen-bond acceptors (Lipinski definition) is 2. The highest BCUT2D eigenvalue weighted by Crippen LogP contribution is 2.11. The van der Waals surface area contributed by atoms with Crippen molar-refractivity contribution >= 4 is 11.5 Å². The van der Waals surface area contributed by atoms with Crippen LogP contribution in [0.5, 0.6) is 0 Å². The van der Waals surface area contributed by atoms with Gasteiger partial charge in [0.25, 0.3) is 5.91 Å². The van der Waals surface area contributed by atoms with Crippen LogP contribution in [0.1, 0.15) is 5.56 Å². The van der Waals surface area contributed by atoms with Gasteiger partial charge in [-0.25, -0.2) is 0 Å². The van der Waals surface area contributed by atoms with Crippen LogP contribution in [0.25, 0.3) is 5.57 Å². The van der Waals surface area contributed by atoms with E-state index >= 15 is 0 Å². The first kappa shape index (κ1) is 9.32. The zero-order chi connectivity index (χ0) is 9.68. The summed E-state index contributed by atoms with van der Waals surface area (Å²) >= 11 is 0. The van der Waals surface area contributed by atoms with E-state index in [1.165, 1.54) is 0 Å². The molecule has 0 bridgehead atoms. The quantitative estimate of drug-likeness (QED) is 0.667. The Hall–Kier alpha value is -1.77. The summed E-state index contributed by atoms with van der Waals surface area (Å²) in [6.45, 7) is 0. The van der Waals surface area contributed by atoms with Gasteiger partial charge in [-0.1, -0.05) is 30.3 Å². The third-order valence-electron chi connectivity index (χ3n) is 1.64. The number of nitrogens with one attached hydrogen (secondary N) is 1. The van der Waals surface area contributed by atoms with Crippen LogP contribution >= 0.6 is 0 Å². The number of hydrogen-bond donors (Lipinski definition) is 2. The molecule has 0 aliphatic rings. The summed E-state index contributed by atoms with van der Waals surface area (Å²) in [5.74, 6) is -0.430. The number of carbonyl (C=O) groups is 1. The van der Waals surface area contributed by atoms with Gasteiger partial charge in [-0.2, -0.15) is 0 Å². The van der Waals surface area contributed by atoms with Crippen LogP contribution in [-0.4, -0.2) is 13.0 Å². The predicted molar refractivity (Wildman–Crippen MR) is 52.7 cm³/mol. The summed E-state index contributed by atoms with van der Waals surface area (Å²) in [6, 6.07) is 9.30. The van der Waals surface area contributed by atoms with E-state index in [0.29, 0.717) is 5.57 Å². The minimum Gasteiger partial charge on any atom is -0.393 e. The van der Waals surface area contributed by atoms with E-state index in [-0.39, 0.29) is 0 Å². The lowest BCUT2D eigenvalue weighted by molar-refractivity contribution is -0.112.